The second-order valence-electron chi connectivity index (χ2n) is 5.28. The second-order valence-corrected chi connectivity index (χ2v) is 5.69. The Bertz CT molecular complexity index is 968. The van der Waals surface area contributed by atoms with Gasteiger partial charge < -0.3 is 5.84 Å². The van der Waals surface area contributed by atoms with E-state index >= 15 is 0 Å². The van der Waals surface area contributed by atoms with Gasteiger partial charge in [-0.25, -0.2) is 4.98 Å². The lowest BCUT2D eigenvalue weighted by molar-refractivity contribution is 0.383. The van der Waals surface area contributed by atoms with Gasteiger partial charge in [0.1, 0.15) is 0 Å². The van der Waals surface area contributed by atoms with Crippen molar-refractivity contribution in [3.8, 4) is 5.82 Å². The molecule has 132 valence electrons. The summed E-state index contributed by atoms with van der Waals surface area (Å²) < 4.78 is 1.42. The number of amidine groups is 1. The van der Waals surface area contributed by atoms with Gasteiger partial charge >= 0.3 is 0 Å². The van der Waals surface area contributed by atoms with Crippen LogP contribution in [0.3, 0.4) is 0 Å². The van der Waals surface area contributed by atoms with Crippen molar-refractivity contribution in [3.63, 3.8) is 0 Å². The highest BCUT2D eigenvalue weighted by atomic mass is 35.5. The van der Waals surface area contributed by atoms with Gasteiger partial charge in [-0.1, -0.05) is 35.0 Å². The van der Waals surface area contributed by atoms with E-state index in [1.54, 1.807) is 18.2 Å². The van der Waals surface area contributed by atoms with Gasteiger partial charge in [-0.05, 0) is 23.8 Å². The highest BCUT2D eigenvalue weighted by Crippen LogP contribution is 2.22. The van der Waals surface area contributed by atoms with Crippen molar-refractivity contribution < 1.29 is 5.21 Å². The number of pyridine rings is 1. The van der Waals surface area contributed by atoms with Crippen LogP contribution in [0.15, 0.2) is 59.0 Å². The molecule has 2 aromatic heterocycles. The van der Waals surface area contributed by atoms with E-state index in [0.29, 0.717) is 34.3 Å². The number of nitrogens with zero attached hydrogens (tertiary/aromatic N) is 5. The fraction of sp³-hybridized carbons (Fsp3) is 0.0625. The van der Waals surface area contributed by atoms with E-state index in [4.69, 9.17) is 22.9 Å². The molecule has 3 aromatic rings. The lowest BCUT2D eigenvalue weighted by Crippen LogP contribution is -2.07. The number of aromatic nitrogens is 3. The first kappa shape index (κ1) is 17.5. The van der Waals surface area contributed by atoms with Crippen LogP contribution in [-0.2, 0) is 6.42 Å². The zero-order chi connectivity index (χ0) is 18.5. The highest BCUT2D eigenvalue weighted by molar-refractivity contribution is 6.31. The number of benzene rings is 1. The molecule has 1 aromatic carbocycles. The summed E-state index contributed by atoms with van der Waals surface area (Å²) in [6.45, 7) is 0. The highest BCUT2D eigenvalue weighted by Gasteiger charge is 2.13. The van der Waals surface area contributed by atoms with E-state index in [-0.39, 0.29) is 5.84 Å². The maximum Gasteiger partial charge on any atom is 0.176 e. The zero-order valence-corrected chi connectivity index (χ0v) is 14.2. The molecule has 0 saturated heterocycles. The van der Waals surface area contributed by atoms with Crippen LogP contribution < -0.4 is 11.3 Å². The molecule has 0 atom stereocenters. The fourth-order valence-corrected chi connectivity index (χ4v) is 2.61. The van der Waals surface area contributed by atoms with Crippen LogP contribution in [0.25, 0.3) is 5.82 Å². The smallest absolute Gasteiger partial charge is 0.176 e. The van der Waals surface area contributed by atoms with Crippen LogP contribution in [0.5, 0.6) is 0 Å². The van der Waals surface area contributed by atoms with Crippen molar-refractivity contribution in [1.82, 2.24) is 14.8 Å². The summed E-state index contributed by atoms with van der Waals surface area (Å²) in [6, 6.07) is 12.3. The lowest BCUT2D eigenvalue weighted by Gasteiger charge is -2.06. The van der Waals surface area contributed by atoms with E-state index in [1.807, 2.05) is 24.3 Å². The first-order valence-corrected chi connectivity index (χ1v) is 7.89. The minimum absolute atomic E-state index is 0.113. The minimum atomic E-state index is -0.113. The summed E-state index contributed by atoms with van der Waals surface area (Å²) in [6.07, 6.45) is 1.99. The predicted molar refractivity (Wildman–Crippen MR) is 96.9 cm³/mol. The number of anilines is 1. The third-order valence-corrected chi connectivity index (χ3v) is 3.97. The summed E-state index contributed by atoms with van der Waals surface area (Å²) >= 11 is 6.19. The molecule has 26 heavy (non-hydrogen) atoms. The minimum Gasteiger partial charge on any atom is -0.305 e. The molecule has 0 saturated carbocycles. The average molecular weight is 371 g/mol. The topological polar surface area (TPSA) is 138 Å². The van der Waals surface area contributed by atoms with Gasteiger partial charge in [-0.15, -0.1) is 5.11 Å². The van der Waals surface area contributed by atoms with Gasteiger partial charge in [0, 0.05) is 29.3 Å². The molecule has 0 unspecified atom stereocenters. The second kappa shape index (κ2) is 7.72. The van der Waals surface area contributed by atoms with Gasteiger partial charge in [0.2, 0.25) is 0 Å². The normalized spacial score (nSPS) is 11.0. The third kappa shape index (κ3) is 3.68. The number of halogens is 1. The Hall–Kier alpha value is -3.30. The molecule has 9 nitrogen and oxygen atoms in total. The summed E-state index contributed by atoms with van der Waals surface area (Å²) in [5.74, 6) is 5.58. The van der Waals surface area contributed by atoms with Gasteiger partial charge in [0.25, 0.3) is 0 Å². The number of hydrogen-bond donors (Lipinski definition) is 4. The van der Waals surface area contributed by atoms with Crippen LogP contribution in [-0.4, -0.2) is 25.8 Å². The molecule has 0 aliphatic heterocycles. The van der Waals surface area contributed by atoms with Crippen molar-refractivity contribution in [3.05, 3.63) is 70.5 Å². The molecule has 0 amide bonds. The van der Waals surface area contributed by atoms with Gasteiger partial charge in [-0.2, -0.15) is 9.78 Å². The van der Waals surface area contributed by atoms with Crippen LogP contribution in [0.4, 0.5) is 5.82 Å². The van der Waals surface area contributed by atoms with Crippen LogP contribution in [0.2, 0.25) is 5.02 Å². The molecule has 5 N–H and O–H groups in total. The average Bonchev–Trinajstić information content (AvgIpc) is 3.07. The maximum atomic E-state index is 9.42. The summed E-state index contributed by atoms with van der Waals surface area (Å²) in [7, 11) is 0. The fourth-order valence-electron chi connectivity index (χ4n) is 2.40. The molecular formula is C16H15ClN8O. The van der Waals surface area contributed by atoms with E-state index in [2.05, 4.69) is 25.9 Å². The van der Waals surface area contributed by atoms with Crippen molar-refractivity contribution in [2.75, 3.05) is 5.48 Å². The summed E-state index contributed by atoms with van der Waals surface area (Å²) in [5.41, 5.74) is 4.15. The number of nitrogens with one attached hydrogen (secondary N) is 2. The number of rotatable bonds is 5. The van der Waals surface area contributed by atoms with Gasteiger partial charge in [0.05, 0.1) is 5.69 Å². The van der Waals surface area contributed by atoms with Crippen LogP contribution in [0.1, 0.15) is 16.8 Å². The first-order chi connectivity index (χ1) is 12.6. The Morgan fingerprint density at radius 3 is 2.85 bits per heavy atom. The monoisotopic (exact) mass is 370 g/mol. The first-order valence-electron chi connectivity index (χ1n) is 7.51. The van der Waals surface area contributed by atoms with Crippen molar-refractivity contribution in [1.29, 1.82) is 5.41 Å². The molecule has 0 bridgehead atoms. The van der Waals surface area contributed by atoms with E-state index in [9.17, 15) is 5.21 Å². The Balaban J connectivity index is 1.96. The Morgan fingerprint density at radius 1 is 1.31 bits per heavy atom. The molecule has 10 heteroatoms. The molecule has 2 heterocycles. The number of nitrogens with two attached hydrogens (primary N) is 1. The molecular weight excluding hydrogens is 356 g/mol. The molecule has 0 spiro atoms. The lowest BCUT2D eigenvalue weighted by atomic mass is 10.1. The predicted octanol–water partition coefficient (Wildman–Crippen LogP) is 2.96. The van der Waals surface area contributed by atoms with Crippen molar-refractivity contribution in [2.45, 2.75) is 6.42 Å². The Morgan fingerprint density at radius 2 is 2.12 bits per heavy atom. The third-order valence-electron chi connectivity index (χ3n) is 3.60. The van der Waals surface area contributed by atoms with E-state index in [0.717, 1.165) is 5.56 Å². The molecule has 0 aliphatic rings. The summed E-state index contributed by atoms with van der Waals surface area (Å²) in [5, 5.41) is 28.9. The van der Waals surface area contributed by atoms with Crippen molar-refractivity contribution >= 4 is 23.3 Å². The zero-order valence-electron chi connectivity index (χ0n) is 13.5. The van der Waals surface area contributed by atoms with Crippen LogP contribution in [0, 0.1) is 5.41 Å². The molecule has 0 radical (unpaired) electrons. The maximum absolute atomic E-state index is 9.42. The molecule has 0 aliphatic carbocycles. The quantitative estimate of drug-likeness (QED) is 0.180. The number of hydrogen-bond acceptors (Lipinski definition) is 6. The standard InChI is InChI=1S/C16H15ClN8O/c17-13-4-2-1-3-10(13)7-12-9-15(23-26)25(22-12)14-8-11(5-6-20-14)16(18)21-24-19/h1-6,8-9,23,26H,7H2,(H3,18,19,21). The van der Waals surface area contributed by atoms with E-state index in [1.165, 1.54) is 10.9 Å². The van der Waals surface area contributed by atoms with Gasteiger partial charge in [0.15, 0.2) is 17.5 Å². The molecule has 3 rings (SSSR count). The van der Waals surface area contributed by atoms with Crippen LogP contribution >= 0.6 is 11.6 Å². The molecule has 0 fully saturated rings. The van der Waals surface area contributed by atoms with Gasteiger partial charge in [-0.3, -0.25) is 16.1 Å². The Kier molecular flexibility index (Phi) is 5.20. The van der Waals surface area contributed by atoms with E-state index < -0.39 is 0 Å². The summed E-state index contributed by atoms with van der Waals surface area (Å²) in [4.78, 5) is 4.22. The van der Waals surface area contributed by atoms with Crippen molar-refractivity contribution in [2.24, 2.45) is 16.2 Å². The largest absolute Gasteiger partial charge is 0.305 e. The SMILES string of the molecule is N=C(N=NN)c1ccnc(-n2nc(Cc3ccccc3Cl)cc2NO)c1. The Labute approximate surface area is 153 Å².